The van der Waals surface area contributed by atoms with Crippen LogP contribution in [0.3, 0.4) is 0 Å². The average Bonchev–Trinajstić information content (AvgIpc) is 2.54. The summed E-state index contributed by atoms with van der Waals surface area (Å²) in [6, 6.07) is 13.4. The molecule has 0 radical (unpaired) electrons. The monoisotopic (exact) mass is 361 g/mol. The van der Waals surface area contributed by atoms with Crippen molar-refractivity contribution in [2.24, 2.45) is 0 Å². The Morgan fingerprint density at radius 1 is 1.04 bits per heavy atom. The smallest absolute Gasteiger partial charge is 0.344 e. The first-order valence-electron chi connectivity index (χ1n) is 7.75. The van der Waals surface area contributed by atoms with E-state index >= 15 is 0 Å². The predicted octanol–water partition coefficient (Wildman–Crippen LogP) is 4.31. The van der Waals surface area contributed by atoms with Gasteiger partial charge in [0.1, 0.15) is 11.4 Å². The van der Waals surface area contributed by atoms with Gasteiger partial charge in [0.05, 0.1) is 10.7 Å². The van der Waals surface area contributed by atoms with Crippen LogP contribution < -0.4 is 10.1 Å². The van der Waals surface area contributed by atoms with Crippen LogP contribution in [-0.2, 0) is 9.53 Å². The highest BCUT2D eigenvalue weighted by atomic mass is 35.5. The van der Waals surface area contributed by atoms with Gasteiger partial charge in [0.25, 0.3) is 5.91 Å². The van der Waals surface area contributed by atoms with Crippen LogP contribution in [0.15, 0.2) is 48.5 Å². The quantitative estimate of drug-likeness (QED) is 0.806. The van der Waals surface area contributed by atoms with Crippen LogP contribution in [-0.4, -0.2) is 24.1 Å². The van der Waals surface area contributed by atoms with Gasteiger partial charge in [-0.15, -0.1) is 0 Å². The van der Waals surface area contributed by atoms with E-state index in [1.54, 1.807) is 69.3 Å². The summed E-state index contributed by atoms with van der Waals surface area (Å²) in [7, 11) is 0. The lowest BCUT2D eigenvalue weighted by Crippen LogP contribution is -2.27. The zero-order valence-corrected chi connectivity index (χ0v) is 15.1. The van der Waals surface area contributed by atoms with Gasteiger partial charge in [0, 0.05) is 5.56 Å². The van der Waals surface area contributed by atoms with E-state index in [1.165, 1.54) is 0 Å². The van der Waals surface area contributed by atoms with Crippen molar-refractivity contribution < 1.29 is 19.1 Å². The molecule has 0 fully saturated rings. The first-order valence-corrected chi connectivity index (χ1v) is 8.13. The molecule has 0 unspecified atom stereocenters. The summed E-state index contributed by atoms with van der Waals surface area (Å²) in [5, 5.41) is 3.20. The van der Waals surface area contributed by atoms with E-state index in [0.29, 0.717) is 22.0 Å². The fraction of sp³-hybridized carbons (Fsp3) is 0.263. The molecule has 6 heteroatoms. The molecule has 2 rings (SSSR count). The Morgan fingerprint density at radius 2 is 1.68 bits per heavy atom. The van der Waals surface area contributed by atoms with E-state index < -0.39 is 11.6 Å². The van der Waals surface area contributed by atoms with Crippen molar-refractivity contribution in [2.45, 2.75) is 26.4 Å². The van der Waals surface area contributed by atoms with Crippen molar-refractivity contribution >= 4 is 29.2 Å². The van der Waals surface area contributed by atoms with E-state index in [4.69, 9.17) is 21.1 Å². The fourth-order valence-electron chi connectivity index (χ4n) is 1.97. The summed E-state index contributed by atoms with van der Waals surface area (Å²) in [5.74, 6) is -0.264. The lowest BCUT2D eigenvalue weighted by molar-refractivity contribution is -0.157. The van der Waals surface area contributed by atoms with Crippen molar-refractivity contribution in [2.75, 3.05) is 11.9 Å². The Kier molecular flexibility index (Phi) is 6.04. The molecule has 25 heavy (non-hydrogen) atoms. The van der Waals surface area contributed by atoms with Crippen LogP contribution >= 0.6 is 11.6 Å². The fourth-order valence-corrected chi connectivity index (χ4v) is 2.16. The van der Waals surface area contributed by atoms with E-state index in [-0.39, 0.29) is 12.5 Å². The lowest BCUT2D eigenvalue weighted by atomic mass is 10.2. The number of carbonyl (C=O) groups is 2. The molecule has 0 saturated carbocycles. The number of hydrogen-bond donors (Lipinski definition) is 1. The van der Waals surface area contributed by atoms with Gasteiger partial charge in [0.2, 0.25) is 0 Å². The Balaban J connectivity index is 1.92. The third-order valence-electron chi connectivity index (χ3n) is 3.02. The highest BCUT2D eigenvalue weighted by molar-refractivity contribution is 6.33. The second kappa shape index (κ2) is 8.03. The summed E-state index contributed by atoms with van der Waals surface area (Å²) in [5.41, 5.74) is 0.435. The van der Waals surface area contributed by atoms with Crippen molar-refractivity contribution in [1.82, 2.24) is 0 Å². The number of para-hydroxylation sites is 1. The number of benzene rings is 2. The number of carbonyl (C=O) groups excluding carboxylic acids is 2. The Morgan fingerprint density at radius 3 is 2.28 bits per heavy atom. The number of halogens is 1. The SMILES string of the molecule is CC(C)(C)OC(=O)COc1ccc(C(=O)Nc2ccccc2Cl)cc1. The molecule has 2 aromatic rings. The minimum Gasteiger partial charge on any atom is -0.482 e. The number of rotatable bonds is 5. The van der Waals surface area contributed by atoms with Gasteiger partial charge in [0.15, 0.2) is 6.61 Å². The molecular formula is C19H20ClNO4. The van der Waals surface area contributed by atoms with Crippen LogP contribution in [0.25, 0.3) is 0 Å². The zero-order valence-electron chi connectivity index (χ0n) is 14.3. The Labute approximate surface area is 151 Å². The van der Waals surface area contributed by atoms with Gasteiger partial charge in [-0.1, -0.05) is 23.7 Å². The van der Waals surface area contributed by atoms with Gasteiger partial charge >= 0.3 is 5.97 Å². The van der Waals surface area contributed by atoms with Crippen LogP contribution in [0.4, 0.5) is 5.69 Å². The molecule has 0 aromatic heterocycles. The maximum Gasteiger partial charge on any atom is 0.344 e. The lowest BCUT2D eigenvalue weighted by Gasteiger charge is -2.19. The van der Waals surface area contributed by atoms with E-state index in [2.05, 4.69) is 5.32 Å². The number of nitrogens with one attached hydrogen (secondary N) is 1. The molecule has 0 saturated heterocycles. The molecule has 1 amide bonds. The second-order valence-electron chi connectivity index (χ2n) is 6.33. The van der Waals surface area contributed by atoms with E-state index in [0.717, 1.165) is 0 Å². The first-order chi connectivity index (χ1) is 11.7. The summed E-state index contributed by atoms with van der Waals surface area (Å²) in [6.07, 6.45) is 0. The second-order valence-corrected chi connectivity index (χ2v) is 6.74. The molecule has 132 valence electrons. The third-order valence-corrected chi connectivity index (χ3v) is 3.34. The number of hydrogen-bond acceptors (Lipinski definition) is 4. The maximum absolute atomic E-state index is 12.2. The average molecular weight is 362 g/mol. The minimum absolute atomic E-state index is 0.192. The third kappa shape index (κ3) is 6.12. The molecule has 0 atom stereocenters. The highest BCUT2D eigenvalue weighted by Gasteiger charge is 2.16. The molecule has 0 heterocycles. The molecular weight excluding hydrogens is 342 g/mol. The van der Waals surface area contributed by atoms with Crippen LogP contribution in [0, 0.1) is 0 Å². The van der Waals surface area contributed by atoms with Crippen LogP contribution in [0.2, 0.25) is 5.02 Å². The van der Waals surface area contributed by atoms with Crippen LogP contribution in [0.5, 0.6) is 5.75 Å². The number of amides is 1. The molecule has 0 spiro atoms. The first kappa shape index (κ1) is 18.8. The highest BCUT2D eigenvalue weighted by Crippen LogP contribution is 2.21. The summed E-state index contributed by atoms with van der Waals surface area (Å²) in [6.45, 7) is 5.17. The molecule has 5 nitrogen and oxygen atoms in total. The summed E-state index contributed by atoms with van der Waals surface area (Å²) in [4.78, 5) is 23.8. The number of ether oxygens (including phenoxy) is 2. The molecule has 0 aliphatic heterocycles. The van der Waals surface area contributed by atoms with Gasteiger partial charge in [-0.2, -0.15) is 0 Å². The minimum atomic E-state index is -0.554. The molecule has 0 aliphatic carbocycles. The van der Waals surface area contributed by atoms with E-state index in [9.17, 15) is 9.59 Å². The van der Waals surface area contributed by atoms with Crippen molar-refractivity contribution in [3.63, 3.8) is 0 Å². The standard InChI is InChI=1S/C19H20ClNO4/c1-19(2,3)25-17(22)12-24-14-10-8-13(9-11-14)18(23)21-16-7-5-4-6-15(16)20/h4-11H,12H2,1-3H3,(H,21,23). The zero-order chi connectivity index (χ0) is 18.4. The Hall–Kier alpha value is -2.53. The molecule has 1 N–H and O–H groups in total. The number of anilines is 1. The van der Waals surface area contributed by atoms with Crippen LogP contribution in [0.1, 0.15) is 31.1 Å². The molecule has 0 aliphatic rings. The summed E-state index contributed by atoms with van der Waals surface area (Å²) >= 11 is 6.02. The van der Waals surface area contributed by atoms with Crippen molar-refractivity contribution in [3.05, 3.63) is 59.1 Å². The van der Waals surface area contributed by atoms with Crippen molar-refractivity contribution in [3.8, 4) is 5.75 Å². The number of esters is 1. The van der Waals surface area contributed by atoms with Gasteiger partial charge in [-0.25, -0.2) is 4.79 Å². The Bertz CT molecular complexity index is 751. The molecule has 2 aromatic carbocycles. The van der Waals surface area contributed by atoms with Gasteiger partial charge in [-0.3, -0.25) is 4.79 Å². The van der Waals surface area contributed by atoms with Gasteiger partial charge in [-0.05, 0) is 57.2 Å². The maximum atomic E-state index is 12.2. The van der Waals surface area contributed by atoms with E-state index in [1.807, 2.05) is 0 Å². The largest absolute Gasteiger partial charge is 0.482 e. The summed E-state index contributed by atoms with van der Waals surface area (Å²) < 4.78 is 10.5. The van der Waals surface area contributed by atoms with Crippen molar-refractivity contribution in [1.29, 1.82) is 0 Å². The predicted molar refractivity (Wildman–Crippen MR) is 97.2 cm³/mol. The normalized spacial score (nSPS) is 10.9. The van der Waals surface area contributed by atoms with Gasteiger partial charge < -0.3 is 14.8 Å². The molecule has 0 bridgehead atoms. The topological polar surface area (TPSA) is 64.6 Å².